The predicted molar refractivity (Wildman–Crippen MR) is 104 cm³/mol. The van der Waals surface area contributed by atoms with Crippen LogP contribution in [0, 0.1) is 11.3 Å². The second kappa shape index (κ2) is 10.3. The Balaban J connectivity index is 2.01. The number of carbonyl (C=O) groups excluding carboxylic acids is 1. The predicted octanol–water partition coefficient (Wildman–Crippen LogP) is 3.68. The van der Waals surface area contributed by atoms with Crippen LogP contribution in [0.4, 0.5) is 0 Å². The Morgan fingerprint density at radius 2 is 1.75 bits per heavy atom. The van der Waals surface area contributed by atoms with Crippen molar-refractivity contribution in [3.05, 3.63) is 77.9 Å². The minimum absolute atomic E-state index is 0.132. The number of hydrogen-bond donors (Lipinski definition) is 1. The number of rotatable bonds is 9. The lowest BCUT2D eigenvalue weighted by Crippen LogP contribution is -2.06. The Hall–Kier alpha value is -3.85. The second-order valence-electron chi connectivity index (χ2n) is 5.69. The SMILES string of the molecule is C=CC(=O)OCCCOc1ccc(/C(=C\c2ccc(C#N)cc2)C(=O)O)cc1. The summed E-state index contributed by atoms with van der Waals surface area (Å²) in [5.41, 5.74) is 1.86. The summed E-state index contributed by atoms with van der Waals surface area (Å²) in [6.07, 6.45) is 3.18. The largest absolute Gasteiger partial charge is 0.493 e. The van der Waals surface area contributed by atoms with E-state index in [4.69, 9.17) is 14.7 Å². The van der Waals surface area contributed by atoms with E-state index in [-0.39, 0.29) is 12.2 Å². The second-order valence-corrected chi connectivity index (χ2v) is 5.69. The molecule has 0 aliphatic rings. The van der Waals surface area contributed by atoms with Gasteiger partial charge in [0.1, 0.15) is 5.75 Å². The zero-order valence-corrected chi connectivity index (χ0v) is 15.1. The Morgan fingerprint density at radius 1 is 1.07 bits per heavy atom. The maximum Gasteiger partial charge on any atom is 0.336 e. The summed E-state index contributed by atoms with van der Waals surface area (Å²) in [5.74, 6) is -0.941. The Bertz CT molecular complexity index is 905. The molecule has 0 amide bonds. The smallest absolute Gasteiger partial charge is 0.336 e. The zero-order chi connectivity index (χ0) is 20.4. The third kappa shape index (κ3) is 6.15. The van der Waals surface area contributed by atoms with Crippen molar-refractivity contribution < 1.29 is 24.2 Å². The molecule has 2 aromatic carbocycles. The number of carboxylic acid groups (broad SMARTS) is 1. The topological polar surface area (TPSA) is 96.6 Å². The maximum absolute atomic E-state index is 11.6. The van der Waals surface area contributed by atoms with E-state index in [0.29, 0.717) is 35.5 Å². The summed E-state index contributed by atoms with van der Waals surface area (Å²) < 4.78 is 10.4. The van der Waals surface area contributed by atoms with Gasteiger partial charge in [0.15, 0.2) is 0 Å². The molecule has 1 N–H and O–H groups in total. The monoisotopic (exact) mass is 377 g/mol. The van der Waals surface area contributed by atoms with Crippen molar-refractivity contribution in [3.8, 4) is 11.8 Å². The number of hydrogen-bond acceptors (Lipinski definition) is 5. The van der Waals surface area contributed by atoms with E-state index in [1.165, 1.54) is 0 Å². The highest BCUT2D eigenvalue weighted by Gasteiger charge is 2.11. The van der Waals surface area contributed by atoms with Gasteiger partial charge in [-0.3, -0.25) is 0 Å². The summed E-state index contributed by atoms with van der Waals surface area (Å²) in [6, 6.07) is 15.4. The van der Waals surface area contributed by atoms with Gasteiger partial charge in [0.25, 0.3) is 0 Å². The molecule has 0 fully saturated rings. The average molecular weight is 377 g/mol. The molecule has 0 aromatic heterocycles. The van der Waals surface area contributed by atoms with Gasteiger partial charge in [0.05, 0.1) is 30.4 Å². The van der Waals surface area contributed by atoms with Crippen LogP contribution in [0.5, 0.6) is 5.75 Å². The molecule has 6 nitrogen and oxygen atoms in total. The lowest BCUT2D eigenvalue weighted by atomic mass is 10.0. The first-order valence-electron chi connectivity index (χ1n) is 8.51. The molecule has 2 rings (SSSR count). The third-order valence-corrected chi connectivity index (χ3v) is 3.71. The van der Waals surface area contributed by atoms with Gasteiger partial charge in [-0.05, 0) is 41.5 Å². The van der Waals surface area contributed by atoms with Crippen molar-refractivity contribution in [2.45, 2.75) is 6.42 Å². The summed E-state index contributed by atoms with van der Waals surface area (Å²) in [4.78, 5) is 22.6. The van der Waals surface area contributed by atoms with Gasteiger partial charge in [-0.25, -0.2) is 9.59 Å². The summed E-state index contributed by atoms with van der Waals surface area (Å²) >= 11 is 0. The number of carboxylic acids is 1. The molecule has 0 saturated carbocycles. The minimum atomic E-state index is -1.05. The molecule has 28 heavy (non-hydrogen) atoms. The summed E-state index contributed by atoms with van der Waals surface area (Å²) in [5, 5.41) is 18.4. The first kappa shape index (κ1) is 20.5. The van der Waals surface area contributed by atoms with Crippen LogP contribution in [0.15, 0.2) is 61.2 Å². The Kier molecular flexibility index (Phi) is 7.55. The molecule has 0 radical (unpaired) electrons. The van der Waals surface area contributed by atoms with Crippen LogP contribution in [-0.4, -0.2) is 30.3 Å². The average Bonchev–Trinajstić information content (AvgIpc) is 2.72. The number of ether oxygens (including phenoxy) is 2. The highest BCUT2D eigenvalue weighted by atomic mass is 16.5. The summed E-state index contributed by atoms with van der Waals surface area (Å²) in [6.45, 7) is 3.90. The molecule has 0 bridgehead atoms. The molecule has 6 heteroatoms. The van der Waals surface area contributed by atoms with Crippen LogP contribution in [0.25, 0.3) is 11.6 Å². The fourth-order valence-electron chi connectivity index (χ4n) is 2.30. The normalized spacial score (nSPS) is 10.6. The van der Waals surface area contributed by atoms with Crippen molar-refractivity contribution in [1.29, 1.82) is 5.26 Å². The first-order chi connectivity index (χ1) is 13.5. The molecule has 0 atom stereocenters. The highest BCUT2D eigenvalue weighted by Crippen LogP contribution is 2.22. The van der Waals surface area contributed by atoms with E-state index < -0.39 is 11.9 Å². The van der Waals surface area contributed by atoms with Crippen LogP contribution < -0.4 is 4.74 Å². The van der Waals surface area contributed by atoms with Gasteiger partial charge in [0.2, 0.25) is 0 Å². The number of esters is 1. The van der Waals surface area contributed by atoms with E-state index in [2.05, 4.69) is 6.58 Å². The van der Waals surface area contributed by atoms with E-state index in [1.54, 1.807) is 54.6 Å². The van der Waals surface area contributed by atoms with Crippen molar-refractivity contribution in [3.63, 3.8) is 0 Å². The van der Waals surface area contributed by atoms with Crippen LogP contribution in [-0.2, 0) is 14.3 Å². The highest BCUT2D eigenvalue weighted by molar-refractivity contribution is 6.20. The van der Waals surface area contributed by atoms with Crippen molar-refractivity contribution in [2.75, 3.05) is 13.2 Å². The van der Waals surface area contributed by atoms with Gasteiger partial charge < -0.3 is 14.6 Å². The summed E-state index contributed by atoms with van der Waals surface area (Å²) in [7, 11) is 0. The lowest BCUT2D eigenvalue weighted by molar-refractivity contribution is -0.138. The Labute approximate surface area is 162 Å². The molecular weight excluding hydrogens is 358 g/mol. The maximum atomic E-state index is 11.6. The molecule has 0 aliphatic carbocycles. The molecule has 142 valence electrons. The first-order valence-corrected chi connectivity index (χ1v) is 8.51. The van der Waals surface area contributed by atoms with Crippen LogP contribution in [0.2, 0.25) is 0 Å². The fourth-order valence-corrected chi connectivity index (χ4v) is 2.30. The van der Waals surface area contributed by atoms with E-state index in [9.17, 15) is 14.7 Å². The van der Waals surface area contributed by atoms with Crippen LogP contribution in [0.3, 0.4) is 0 Å². The fraction of sp³-hybridized carbons (Fsp3) is 0.136. The van der Waals surface area contributed by atoms with Crippen molar-refractivity contribution in [2.24, 2.45) is 0 Å². The molecule has 0 heterocycles. The van der Waals surface area contributed by atoms with Crippen molar-refractivity contribution >= 4 is 23.6 Å². The number of nitriles is 1. The Morgan fingerprint density at radius 3 is 2.32 bits per heavy atom. The number of benzene rings is 2. The van der Waals surface area contributed by atoms with Gasteiger partial charge >= 0.3 is 11.9 Å². The third-order valence-electron chi connectivity index (χ3n) is 3.71. The van der Waals surface area contributed by atoms with Gasteiger partial charge in [-0.15, -0.1) is 0 Å². The minimum Gasteiger partial charge on any atom is -0.493 e. The number of carbonyl (C=O) groups is 2. The zero-order valence-electron chi connectivity index (χ0n) is 15.1. The van der Waals surface area contributed by atoms with Crippen LogP contribution >= 0.6 is 0 Å². The quantitative estimate of drug-likeness (QED) is 0.310. The molecule has 0 aliphatic heterocycles. The van der Waals surface area contributed by atoms with Gasteiger partial charge in [-0.2, -0.15) is 5.26 Å². The lowest BCUT2D eigenvalue weighted by Gasteiger charge is -2.08. The molecule has 0 unspecified atom stereocenters. The number of aliphatic carboxylic acids is 1. The van der Waals surface area contributed by atoms with Crippen molar-refractivity contribution in [1.82, 2.24) is 0 Å². The van der Waals surface area contributed by atoms with E-state index >= 15 is 0 Å². The molecule has 0 spiro atoms. The van der Waals surface area contributed by atoms with Crippen LogP contribution in [0.1, 0.15) is 23.1 Å². The molecule has 2 aromatic rings. The van der Waals surface area contributed by atoms with Gasteiger partial charge in [-0.1, -0.05) is 30.8 Å². The van der Waals surface area contributed by atoms with E-state index in [1.807, 2.05) is 6.07 Å². The van der Waals surface area contributed by atoms with E-state index in [0.717, 1.165) is 6.08 Å². The standard InChI is InChI=1S/C22H19NO5/c1-2-21(24)28-13-3-12-27-19-10-8-18(9-11-19)20(22(25)26)14-16-4-6-17(15-23)7-5-16/h2,4-11,14H,1,3,12-13H2,(H,25,26)/b20-14+. The molecule has 0 saturated heterocycles. The molecular formula is C22H19NO5. The van der Waals surface area contributed by atoms with Gasteiger partial charge in [0, 0.05) is 12.5 Å². The number of nitrogens with zero attached hydrogens (tertiary/aromatic N) is 1.